The molecular formula is C17H18FNO2. The number of para-hydroxylation sites is 1. The molecule has 3 nitrogen and oxygen atoms in total. The molecule has 0 saturated heterocycles. The van der Waals surface area contributed by atoms with Gasteiger partial charge in [-0.05, 0) is 43.7 Å². The zero-order valence-corrected chi connectivity index (χ0v) is 12.0. The number of carbonyl (C=O) groups is 1. The van der Waals surface area contributed by atoms with Crippen LogP contribution in [-0.4, -0.2) is 12.0 Å². The van der Waals surface area contributed by atoms with Crippen LogP contribution in [0.4, 0.5) is 4.39 Å². The molecule has 2 atom stereocenters. The Morgan fingerprint density at radius 2 is 1.67 bits per heavy atom. The van der Waals surface area contributed by atoms with E-state index >= 15 is 0 Å². The first kappa shape index (κ1) is 15.0. The highest BCUT2D eigenvalue weighted by atomic mass is 19.1. The summed E-state index contributed by atoms with van der Waals surface area (Å²) in [7, 11) is 0. The first-order valence-corrected chi connectivity index (χ1v) is 6.84. The summed E-state index contributed by atoms with van der Waals surface area (Å²) in [5.41, 5.74) is 0.844. The van der Waals surface area contributed by atoms with E-state index in [2.05, 4.69) is 5.32 Å². The van der Waals surface area contributed by atoms with E-state index in [9.17, 15) is 9.18 Å². The number of ether oxygens (including phenoxy) is 1. The van der Waals surface area contributed by atoms with E-state index in [4.69, 9.17) is 4.74 Å². The molecule has 2 aromatic carbocycles. The van der Waals surface area contributed by atoms with E-state index in [1.54, 1.807) is 31.2 Å². The number of nitrogens with one attached hydrogen (secondary N) is 1. The number of rotatable bonds is 5. The van der Waals surface area contributed by atoms with Crippen molar-refractivity contribution in [2.75, 3.05) is 0 Å². The van der Waals surface area contributed by atoms with Gasteiger partial charge in [0.15, 0.2) is 6.10 Å². The molecule has 0 unspecified atom stereocenters. The maximum Gasteiger partial charge on any atom is 0.261 e. The molecule has 4 heteroatoms. The van der Waals surface area contributed by atoms with E-state index in [1.165, 1.54) is 12.1 Å². The van der Waals surface area contributed by atoms with Crippen molar-refractivity contribution in [3.8, 4) is 5.75 Å². The summed E-state index contributed by atoms with van der Waals surface area (Å²) in [6.07, 6.45) is -0.602. The van der Waals surface area contributed by atoms with Crippen LogP contribution in [0.15, 0.2) is 54.6 Å². The number of halogens is 1. The van der Waals surface area contributed by atoms with E-state index in [0.717, 1.165) is 5.56 Å². The van der Waals surface area contributed by atoms with Gasteiger partial charge >= 0.3 is 0 Å². The highest BCUT2D eigenvalue weighted by molar-refractivity contribution is 5.81. The third kappa shape index (κ3) is 4.31. The Morgan fingerprint density at radius 3 is 2.29 bits per heavy atom. The number of hydrogen-bond donors (Lipinski definition) is 1. The van der Waals surface area contributed by atoms with Crippen LogP contribution < -0.4 is 10.1 Å². The lowest BCUT2D eigenvalue weighted by Gasteiger charge is -2.19. The summed E-state index contributed by atoms with van der Waals surface area (Å²) in [5, 5.41) is 2.85. The fourth-order valence-corrected chi connectivity index (χ4v) is 1.92. The van der Waals surface area contributed by atoms with Crippen LogP contribution in [0.2, 0.25) is 0 Å². The van der Waals surface area contributed by atoms with Crippen molar-refractivity contribution in [3.63, 3.8) is 0 Å². The van der Waals surface area contributed by atoms with Crippen molar-refractivity contribution in [2.24, 2.45) is 0 Å². The molecule has 0 aliphatic heterocycles. The Morgan fingerprint density at radius 1 is 1.05 bits per heavy atom. The van der Waals surface area contributed by atoms with E-state index in [0.29, 0.717) is 5.75 Å². The predicted octanol–water partition coefficient (Wildman–Crippen LogP) is 3.47. The van der Waals surface area contributed by atoms with Gasteiger partial charge in [0, 0.05) is 0 Å². The Labute approximate surface area is 123 Å². The molecule has 2 rings (SSSR count). The lowest BCUT2D eigenvalue weighted by Crippen LogP contribution is -2.37. The molecule has 1 N–H and O–H groups in total. The lowest BCUT2D eigenvalue weighted by molar-refractivity contribution is -0.127. The van der Waals surface area contributed by atoms with Gasteiger partial charge in [-0.1, -0.05) is 30.3 Å². The molecule has 0 spiro atoms. The first-order valence-electron chi connectivity index (χ1n) is 6.84. The summed E-state index contributed by atoms with van der Waals surface area (Å²) in [6, 6.07) is 15.0. The Kier molecular flexibility index (Phi) is 4.93. The second-order valence-electron chi connectivity index (χ2n) is 4.85. The minimum Gasteiger partial charge on any atom is -0.481 e. The number of carbonyl (C=O) groups excluding carboxylic acids is 1. The van der Waals surface area contributed by atoms with Crippen LogP contribution >= 0.6 is 0 Å². The molecule has 0 aliphatic carbocycles. The van der Waals surface area contributed by atoms with Crippen LogP contribution in [0.1, 0.15) is 25.5 Å². The minimum absolute atomic E-state index is 0.208. The number of hydrogen-bond acceptors (Lipinski definition) is 2. The maximum atomic E-state index is 12.9. The van der Waals surface area contributed by atoms with Crippen LogP contribution in [-0.2, 0) is 4.79 Å². The van der Waals surface area contributed by atoms with Gasteiger partial charge in [-0.25, -0.2) is 4.39 Å². The van der Waals surface area contributed by atoms with Gasteiger partial charge in [-0.15, -0.1) is 0 Å². The maximum absolute atomic E-state index is 12.9. The van der Waals surface area contributed by atoms with E-state index in [-0.39, 0.29) is 17.8 Å². The third-order valence-electron chi connectivity index (χ3n) is 3.15. The van der Waals surface area contributed by atoms with Gasteiger partial charge in [-0.2, -0.15) is 0 Å². The standard InChI is InChI=1S/C17H18FNO2/c1-12(14-8-10-15(18)11-9-14)19-17(20)13(2)21-16-6-4-3-5-7-16/h3-13H,1-2H3,(H,19,20)/t12-,13+/m1/s1. The first-order chi connectivity index (χ1) is 10.1. The Balaban J connectivity index is 1.92. The second-order valence-corrected chi connectivity index (χ2v) is 4.85. The largest absolute Gasteiger partial charge is 0.481 e. The van der Waals surface area contributed by atoms with Crippen molar-refractivity contribution in [1.82, 2.24) is 5.32 Å². The van der Waals surface area contributed by atoms with Crippen molar-refractivity contribution >= 4 is 5.91 Å². The van der Waals surface area contributed by atoms with Gasteiger partial charge in [0.25, 0.3) is 5.91 Å². The third-order valence-corrected chi connectivity index (χ3v) is 3.15. The van der Waals surface area contributed by atoms with Gasteiger partial charge in [-0.3, -0.25) is 4.79 Å². The molecule has 0 aromatic heterocycles. The smallest absolute Gasteiger partial charge is 0.261 e. The average Bonchev–Trinajstić information content (AvgIpc) is 2.48. The monoisotopic (exact) mass is 287 g/mol. The lowest BCUT2D eigenvalue weighted by atomic mass is 10.1. The molecule has 2 aromatic rings. The molecule has 0 fully saturated rings. The Hall–Kier alpha value is -2.36. The molecule has 21 heavy (non-hydrogen) atoms. The van der Waals surface area contributed by atoms with Crippen molar-refractivity contribution in [2.45, 2.75) is 26.0 Å². The fourth-order valence-electron chi connectivity index (χ4n) is 1.92. The van der Waals surface area contributed by atoms with Crippen LogP contribution in [0.25, 0.3) is 0 Å². The number of amides is 1. The molecule has 0 saturated carbocycles. The highest BCUT2D eigenvalue weighted by Gasteiger charge is 2.17. The molecule has 1 amide bonds. The SMILES string of the molecule is C[C@H](Oc1ccccc1)C(=O)N[C@H](C)c1ccc(F)cc1. The van der Waals surface area contributed by atoms with Crippen molar-refractivity contribution in [1.29, 1.82) is 0 Å². The molecule has 110 valence electrons. The average molecular weight is 287 g/mol. The topological polar surface area (TPSA) is 38.3 Å². The molecule has 0 bridgehead atoms. The van der Waals surface area contributed by atoms with Crippen molar-refractivity contribution < 1.29 is 13.9 Å². The molecular weight excluding hydrogens is 269 g/mol. The fraction of sp³-hybridized carbons (Fsp3) is 0.235. The zero-order valence-electron chi connectivity index (χ0n) is 12.0. The van der Waals surface area contributed by atoms with Gasteiger partial charge in [0.05, 0.1) is 6.04 Å². The van der Waals surface area contributed by atoms with Gasteiger partial charge < -0.3 is 10.1 Å². The van der Waals surface area contributed by atoms with Gasteiger partial charge in [0.1, 0.15) is 11.6 Å². The molecule has 0 heterocycles. The minimum atomic E-state index is -0.602. The highest BCUT2D eigenvalue weighted by Crippen LogP contribution is 2.14. The zero-order chi connectivity index (χ0) is 15.2. The summed E-state index contributed by atoms with van der Waals surface area (Å²) in [6.45, 7) is 3.54. The van der Waals surface area contributed by atoms with Crippen LogP contribution in [0.5, 0.6) is 5.75 Å². The summed E-state index contributed by atoms with van der Waals surface area (Å²) >= 11 is 0. The molecule has 0 radical (unpaired) electrons. The second kappa shape index (κ2) is 6.88. The summed E-state index contributed by atoms with van der Waals surface area (Å²) in [4.78, 5) is 12.1. The van der Waals surface area contributed by atoms with E-state index in [1.807, 2.05) is 25.1 Å². The summed E-state index contributed by atoms with van der Waals surface area (Å²) in [5.74, 6) is 0.142. The quantitative estimate of drug-likeness (QED) is 0.914. The van der Waals surface area contributed by atoms with Crippen LogP contribution in [0.3, 0.4) is 0 Å². The summed E-state index contributed by atoms with van der Waals surface area (Å²) < 4.78 is 18.4. The van der Waals surface area contributed by atoms with E-state index < -0.39 is 6.10 Å². The molecule has 0 aliphatic rings. The normalized spacial score (nSPS) is 13.3. The van der Waals surface area contributed by atoms with Gasteiger partial charge in [0.2, 0.25) is 0 Å². The Bertz CT molecular complexity index is 583. The van der Waals surface area contributed by atoms with Crippen LogP contribution in [0, 0.1) is 5.82 Å². The predicted molar refractivity (Wildman–Crippen MR) is 79.5 cm³/mol. The van der Waals surface area contributed by atoms with Crippen molar-refractivity contribution in [3.05, 3.63) is 66.0 Å². The number of benzene rings is 2.